The number of carbonyl (C=O) groups is 2. The first kappa shape index (κ1) is 15.2. The zero-order chi connectivity index (χ0) is 15.4. The maximum absolute atomic E-state index is 12.4. The molecule has 1 N–H and O–H groups in total. The van der Waals surface area contributed by atoms with Crippen molar-refractivity contribution in [2.24, 2.45) is 0 Å². The van der Waals surface area contributed by atoms with Crippen LogP contribution in [-0.4, -0.2) is 39.6 Å². The number of hydrogen-bond donors (Lipinski definition) is 1. The predicted molar refractivity (Wildman–Crippen MR) is 78.2 cm³/mol. The van der Waals surface area contributed by atoms with Crippen LogP contribution in [0.3, 0.4) is 0 Å². The van der Waals surface area contributed by atoms with Gasteiger partial charge < -0.3 is 14.5 Å². The van der Waals surface area contributed by atoms with E-state index in [4.69, 9.17) is 9.63 Å². The summed E-state index contributed by atoms with van der Waals surface area (Å²) >= 11 is 1.48. The Morgan fingerprint density at radius 2 is 2.29 bits per heavy atom. The van der Waals surface area contributed by atoms with Crippen molar-refractivity contribution in [3.8, 4) is 10.6 Å². The topological polar surface area (TPSA) is 83.6 Å². The van der Waals surface area contributed by atoms with Gasteiger partial charge in [-0.25, -0.2) is 0 Å². The highest BCUT2D eigenvalue weighted by molar-refractivity contribution is 7.13. The molecule has 0 bridgehead atoms. The molecule has 6 nitrogen and oxygen atoms in total. The molecule has 1 amide bonds. The van der Waals surface area contributed by atoms with E-state index in [9.17, 15) is 9.59 Å². The Kier molecular flexibility index (Phi) is 4.74. The molecule has 0 radical (unpaired) electrons. The predicted octanol–water partition coefficient (Wildman–Crippen LogP) is 2.73. The van der Waals surface area contributed by atoms with Crippen LogP contribution in [0.5, 0.6) is 0 Å². The molecule has 0 spiro atoms. The summed E-state index contributed by atoms with van der Waals surface area (Å²) in [6.45, 7) is 3.35. The molecule has 0 aliphatic carbocycles. The van der Waals surface area contributed by atoms with Crippen molar-refractivity contribution in [1.82, 2.24) is 10.1 Å². The molecule has 0 aliphatic rings. The summed E-state index contributed by atoms with van der Waals surface area (Å²) < 4.78 is 5.16. The van der Waals surface area contributed by atoms with E-state index in [0.717, 1.165) is 4.88 Å². The standard InChI is InChI=1S/C14H16N2O4S/c1-3-9(2)16(8-13(17)18)14(19)10-7-11(20-15-10)12-5-4-6-21-12/h4-7,9H,3,8H2,1-2H3,(H,17,18). The first-order valence-corrected chi connectivity index (χ1v) is 7.44. The van der Waals surface area contributed by atoms with Crippen molar-refractivity contribution in [3.05, 3.63) is 29.3 Å². The molecule has 2 rings (SSSR count). The average molecular weight is 308 g/mol. The molecule has 21 heavy (non-hydrogen) atoms. The summed E-state index contributed by atoms with van der Waals surface area (Å²) in [5.74, 6) is -0.975. The summed E-state index contributed by atoms with van der Waals surface area (Å²) in [5.41, 5.74) is 0.125. The number of aromatic nitrogens is 1. The summed E-state index contributed by atoms with van der Waals surface area (Å²) in [6.07, 6.45) is 0.661. The minimum absolute atomic E-state index is 0.125. The molecule has 7 heteroatoms. The van der Waals surface area contributed by atoms with Gasteiger partial charge in [-0.3, -0.25) is 9.59 Å². The van der Waals surface area contributed by atoms with Gasteiger partial charge in [0.1, 0.15) is 6.54 Å². The monoisotopic (exact) mass is 308 g/mol. The van der Waals surface area contributed by atoms with Gasteiger partial charge in [0.25, 0.3) is 5.91 Å². The first-order valence-electron chi connectivity index (χ1n) is 6.56. The number of thiophene rings is 1. The van der Waals surface area contributed by atoms with Crippen LogP contribution in [0.2, 0.25) is 0 Å². The van der Waals surface area contributed by atoms with Crippen LogP contribution in [0.25, 0.3) is 10.6 Å². The van der Waals surface area contributed by atoms with Gasteiger partial charge in [-0.2, -0.15) is 0 Å². The summed E-state index contributed by atoms with van der Waals surface area (Å²) in [4.78, 5) is 25.5. The molecule has 2 aromatic heterocycles. The first-order chi connectivity index (χ1) is 10.0. The van der Waals surface area contributed by atoms with Gasteiger partial charge in [0, 0.05) is 12.1 Å². The maximum Gasteiger partial charge on any atom is 0.323 e. The lowest BCUT2D eigenvalue weighted by molar-refractivity contribution is -0.138. The normalized spacial score (nSPS) is 12.1. The van der Waals surface area contributed by atoms with Crippen molar-refractivity contribution in [1.29, 1.82) is 0 Å². The van der Waals surface area contributed by atoms with E-state index in [1.165, 1.54) is 16.2 Å². The molecular weight excluding hydrogens is 292 g/mol. The Morgan fingerprint density at radius 3 is 2.86 bits per heavy atom. The van der Waals surface area contributed by atoms with Crippen molar-refractivity contribution in [3.63, 3.8) is 0 Å². The highest BCUT2D eigenvalue weighted by Crippen LogP contribution is 2.25. The number of carboxylic acids is 1. The van der Waals surface area contributed by atoms with Gasteiger partial charge in [0.05, 0.1) is 4.88 Å². The number of carboxylic acid groups (broad SMARTS) is 1. The fourth-order valence-corrected chi connectivity index (χ4v) is 2.53. The zero-order valence-corrected chi connectivity index (χ0v) is 12.6. The Balaban J connectivity index is 2.22. The lowest BCUT2D eigenvalue weighted by atomic mass is 10.2. The number of amides is 1. The molecular formula is C14H16N2O4S. The number of rotatable bonds is 6. The van der Waals surface area contributed by atoms with E-state index < -0.39 is 11.9 Å². The van der Waals surface area contributed by atoms with Crippen LogP contribution in [0.1, 0.15) is 30.8 Å². The van der Waals surface area contributed by atoms with Gasteiger partial charge in [-0.15, -0.1) is 11.3 Å². The molecule has 0 aromatic carbocycles. The molecule has 112 valence electrons. The van der Waals surface area contributed by atoms with Gasteiger partial charge >= 0.3 is 5.97 Å². The third-order valence-corrected chi connectivity index (χ3v) is 4.07. The number of carbonyl (C=O) groups excluding carboxylic acids is 1. The largest absolute Gasteiger partial charge is 0.480 e. The van der Waals surface area contributed by atoms with Crippen molar-refractivity contribution >= 4 is 23.2 Å². The molecule has 1 unspecified atom stereocenters. The van der Waals surface area contributed by atoms with Gasteiger partial charge in [0.15, 0.2) is 11.5 Å². The Hall–Kier alpha value is -2.15. The highest BCUT2D eigenvalue weighted by Gasteiger charge is 2.25. The van der Waals surface area contributed by atoms with E-state index in [0.29, 0.717) is 12.2 Å². The molecule has 1 atom stereocenters. The lowest BCUT2D eigenvalue weighted by Gasteiger charge is -2.25. The third kappa shape index (κ3) is 3.49. The van der Waals surface area contributed by atoms with Crippen LogP contribution < -0.4 is 0 Å². The quantitative estimate of drug-likeness (QED) is 0.887. The lowest BCUT2D eigenvalue weighted by Crippen LogP contribution is -2.41. The van der Waals surface area contributed by atoms with Crippen LogP contribution >= 0.6 is 11.3 Å². The van der Waals surface area contributed by atoms with Crippen LogP contribution in [0, 0.1) is 0 Å². The Morgan fingerprint density at radius 1 is 1.52 bits per heavy atom. The second kappa shape index (κ2) is 6.53. The van der Waals surface area contributed by atoms with E-state index >= 15 is 0 Å². The molecule has 0 saturated carbocycles. The van der Waals surface area contributed by atoms with Crippen molar-refractivity contribution < 1.29 is 19.2 Å². The van der Waals surface area contributed by atoms with E-state index in [-0.39, 0.29) is 18.3 Å². The van der Waals surface area contributed by atoms with Crippen LogP contribution in [0.4, 0.5) is 0 Å². The number of hydrogen-bond acceptors (Lipinski definition) is 5. The summed E-state index contributed by atoms with van der Waals surface area (Å²) in [6, 6.07) is 5.10. The highest BCUT2D eigenvalue weighted by atomic mass is 32.1. The SMILES string of the molecule is CCC(C)N(CC(=O)O)C(=O)c1cc(-c2cccs2)on1. The van der Waals surface area contributed by atoms with E-state index in [1.54, 1.807) is 13.0 Å². The molecule has 0 aliphatic heterocycles. The maximum atomic E-state index is 12.4. The number of nitrogens with zero attached hydrogens (tertiary/aromatic N) is 2. The minimum atomic E-state index is -1.05. The van der Waals surface area contributed by atoms with Crippen molar-refractivity contribution in [2.75, 3.05) is 6.54 Å². The summed E-state index contributed by atoms with van der Waals surface area (Å²) in [7, 11) is 0. The van der Waals surface area contributed by atoms with E-state index in [1.807, 2.05) is 24.4 Å². The third-order valence-electron chi connectivity index (χ3n) is 3.18. The zero-order valence-electron chi connectivity index (χ0n) is 11.8. The second-order valence-electron chi connectivity index (χ2n) is 4.64. The van der Waals surface area contributed by atoms with Gasteiger partial charge in [0.2, 0.25) is 0 Å². The fourth-order valence-electron chi connectivity index (χ4n) is 1.85. The molecule has 2 heterocycles. The van der Waals surface area contributed by atoms with Crippen molar-refractivity contribution in [2.45, 2.75) is 26.3 Å². The van der Waals surface area contributed by atoms with E-state index in [2.05, 4.69) is 5.16 Å². The van der Waals surface area contributed by atoms with Gasteiger partial charge in [-0.1, -0.05) is 18.1 Å². The van der Waals surface area contributed by atoms with Crippen LogP contribution in [0.15, 0.2) is 28.1 Å². The second-order valence-corrected chi connectivity index (χ2v) is 5.59. The van der Waals surface area contributed by atoms with Crippen LogP contribution in [-0.2, 0) is 4.79 Å². The minimum Gasteiger partial charge on any atom is -0.480 e. The fraction of sp³-hybridized carbons (Fsp3) is 0.357. The van der Waals surface area contributed by atoms with Gasteiger partial charge in [-0.05, 0) is 24.8 Å². The number of aliphatic carboxylic acids is 1. The average Bonchev–Trinajstić information content (AvgIpc) is 3.12. The molecule has 2 aromatic rings. The Bertz CT molecular complexity index is 621. The smallest absolute Gasteiger partial charge is 0.323 e. The Labute approximate surface area is 126 Å². The molecule has 0 fully saturated rings. The summed E-state index contributed by atoms with van der Waals surface area (Å²) in [5, 5.41) is 14.6. The molecule has 0 saturated heterocycles.